The first-order chi connectivity index (χ1) is 17.8. The number of nitrogens with zero attached hydrogens (tertiary/aromatic N) is 4. The SMILES string of the molecule is CCOc1cc(C=Nn2c(C(C)C)nc3ccc(Br)cc3c2=O)cc(I)c1OCc1ccccc1C#N. The van der Waals surface area contributed by atoms with Crippen LogP contribution >= 0.6 is 38.5 Å². The van der Waals surface area contributed by atoms with Crippen LogP contribution in [0.25, 0.3) is 10.9 Å². The Morgan fingerprint density at radius 3 is 2.70 bits per heavy atom. The Morgan fingerprint density at radius 2 is 1.97 bits per heavy atom. The van der Waals surface area contributed by atoms with Crippen LogP contribution in [0.1, 0.15) is 49.2 Å². The molecule has 3 aromatic carbocycles. The van der Waals surface area contributed by atoms with Crippen LogP contribution in [0.5, 0.6) is 11.5 Å². The summed E-state index contributed by atoms with van der Waals surface area (Å²) in [4.78, 5) is 18.0. The van der Waals surface area contributed by atoms with E-state index in [2.05, 4.69) is 49.7 Å². The lowest BCUT2D eigenvalue weighted by atomic mass is 10.1. The van der Waals surface area contributed by atoms with Crippen LogP contribution in [0.15, 0.2) is 69.0 Å². The third-order valence-corrected chi connectivity index (χ3v) is 6.81. The van der Waals surface area contributed by atoms with Gasteiger partial charge in [-0.1, -0.05) is 48.0 Å². The topological polar surface area (TPSA) is 89.5 Å². The highest BCUT2D eigenvalue weighted by Crippen LogP contribution is 2.35. The Hall–Kier alpha value is -3.23. The van der Waals surface area contributed by atoms with E-state index in [1.165, 1.54) is 4.68 Å². The number of fused-ring (bicyclic) bond motifs is 1. The van der Waals surface area contributed by atoms with Crippen molar-refractivity contribution in [2.75, 3.05) is 6.61 Å². The first-order valence-corrected chi connectivity index (χ1v) is 13.5. The average molecular weight is 671 g/mol. The molecule has 0 saturated heterocycles. The highest BCUT2D eigenvalue weighted by molar-refractivity contribution is 14.1. The van der Waals surface area contributed by atoms with Gasteiger partial charge in [-0.15, -0.1) is 0 Å². The third-order valence-electron chi connectivity index (χ3n) is 5.51. The molecule has 0 spiro atoms. The van der Waals surface area contributed by atoms with Gasteiger partial charge in [-0.25, -0.2) is 4.98 Å². The van der Waals surface area contributed by atoms with Crippen molar-refractivity contribution in [3.8, 4) is 17.6 Å². The molecule has 4 aromatic rings. The summed E-state index contributed by atoms with van der Waals surface area (Å²) >= 11 is 5.62. The number of rotatable bonds is 8. The first kappa shape index (κ1) is 26.8. The summed E-state index contributed by atoms with van der Waals surface area (Å²) in [6.45, 7) is 6.53. The van der Waals surface area contributed by atoms with E-state index in [-0.39, 0.29) is 18.1 Å². The predicted octanol–water partition coefficient (Wildman–Crippen LogP) is 6.62. The second-order valence-electron chi connectivity index (χ2n) is 8.47. The molecule has 1 heterocycles. The summed E-state index contributed by atoms with van der Waals surface area (Å²) < 4.78 is 14.9. The van der Waals surface area contributed by atoms with Crippen LogP contribution in [0, 0.1) is 14.9 Å². The van der Waals surface area contributed by atoms with E-state index < -0.39 is 0 Å². The lowest BCUT2D eigenvalue weighted by Crippen LogP contribution is -2.23. The van der Waals surface area contributed by atoms with Crippen molar-refractivity contribution in [1.29, 1.82) is 5.26 Å². The van der Waals surface area contributed by atoms with Crippen molar-refractivity contribution in [3.05, 3.63) is 95.5 Å². The number of hydrogen-bond acceptors (Lipinski definition) is 6. The number of ether oxygens (including phenoxy) is 2. The second kappa shape index (κ2) is 11.9. The summed E-state index contributed by atoms with van der Waals surface area (Å²) in [7, 11) is 0. The normalized spacial score (nSPS) is 11.3. The van der Waals surface area contributed by atoms with Gasteiger partial charge in [0.15, 0.2) is 11.5 Å². The van der Waals surface area contributed by atoms with Crippen molar-refractivity contribution in [1.82, 2.24) is 9.66 Å². The maximum Gasteiger partial charge on any atom is 0.282 e. The fourth-order valence-corrected chi connectivity index (χ4v) is 4.89. The van der Waals surface area contributed by atoms with E-state index in [1.54, 1.807) is 18.3 Å². The fraction of sp³-hybridized carbons (Fsp3) is 0.214. The molecule has 0 amide bonds. The Morgan fingerprint density at radius 1 is 1.19 bits per heavy atom. The highest BCUT2D eigenvalue weighted by Gasteiger charge is 2.16. The Labute approximate surface area is 237 Å². The van der Waals surface area contributed by atoms with Crippen molar-refractivity contribution < 1.29 is 9.47 Å². The largest absolute Gasteiger partial charge is 0.490 e. The van der Waals surface area contributed by atoms with E-state index in [9.17, 15) is 10.1 Å². The molecule has 0 aliphatic rings. The second-order valence-corrected chi connectivity index (χ2v) is 10.5. The van der Waals surface area contributed by atoms with E-state index in [0.29, 0.717) is 40.4 Å². The van der Waals surface area contributed by atoms with E-state index in [4.69, 9.17) is 14.5 Å². The molecule has 1 aromatic heterocycles. The minimum absolute atomic E-state index is 0.0101. The summed E-state index contributed by atoms with van der Waals surface area (Å²) in [5, 5.41) is 14.4. The molecule has 0 aliphatic heterocycles. The Bertz CT molecular complexity index is 1590. The Kier molecular flexibility index (Phi) is 8.61. The van der Waals surface area contributed by atoms with Crippen LogP contribution in [0.2, 0.25) is 0 Å². The van der Waals surface area contributed by atoms with Gasteiger partial charge in [-0.05, 0) is 71.5 Å². The van der Waals surface area contributed by atoms with Crippen LogP contribution in [0.3, 0.4) is 0 Å². The molecule has 4 rings (SSSR count). The molecule has 0 aliphatic carbocycles. The van der Waals surface area contributed by atoms with Crippen molar-refractivity contribution in [2.24, 2.45) is 5.10 Å². The fourth-order valence-electron chi connectivity index (χ4n) is 3.75. The summed E-state index contributed by atoms with van der Waals surface area (Å²) in [5.74, 6) is 1.71. The molecule has 0 N–H and O–H groups in total. The summed E-state index contributed by atoms with van der Waals surface area (Å²) in [5.41, 5.74) is 2.51. The molecule has 0 bridgehead atoms. The number of aromatic nitrogens is 2. The van der Waals surface area contributed by atoms with Crippen LogP contribution < -0.4 is 15.0 Å². The van der Waals surface area contributed by atoms with Crippen LogP contribution in [-0.2, 0) is 6.61 Å². The van der Waals surface area contributed by atoms with E-state index >= 15 is 0 Å². The first-order valence-electron chi connectivity index (χ1n) is 11.7. The van der Waals surface area contributed by atoms with Crippen molar-refractivity contribution >= 4 is 55.6 Å². The maximum atomic E-state index is 13.3. The number of nitriles is 1. The third kappa shape index (κ3) is 6.02. The molecule has 0 saturated carbocycles. The molecule has 0 radical (unpaired) electrons. The summed E-state index contributed by atoms with van der Waals surface area (Å²) in [6, 6.07) is 18.7. The zero-order valence-corrected chi connectivity index (χ0v) is 24.3. The van der Waals surface area contributed by atoms with Crippen molar-refractivity contribution in [2.45, 2.75) is 33.3 Å². The molecule has 37 heavy (non-hydrogen) atoms. The molecule has 188 valence electrons. The van der Waals surface area contributed by atoms with Gasteiger partial charge in [0.05, 0.1) is 38.9 Å². The molecule has 7 nitrogen and oxygen atoms in total. The van der Waals surface area contributed by atoms with Crippen molar-refractivity contribution in [3.63, 3.8) is 0 Å². The van der Waals surface area contributed by atoms with Gasteiger partial charge >= 0.3 is 0 Å². The van der Waals surface area contributed by atoms with Gasteiger partial charge in [-0.3, -0.25) is 4.79 Å². The monoisotopic (exact) mass is 670 g/mol. The zero-order valence-electron chi connectivity index (χ0n) is 20.5. The molecule has 9 heteroatoms. The van der Waals surface area contributed by atoms with Crippen LogP contribution in [-0.4, -0.2) is 22.5 Å². The predicted molar refractivity (Wildman–Crippen MR) is 157 cm³/mol. The minimum Gasteiger partial charge on any atom is -0.490 e. The van der Waals surface area contributed by atoms with Gasteiger partial charge in [0, 0.05) is 16.0 Å². The molecule has 0 fully saturated rings. The zero-order chi connectivity index (χ0) is 26.5. The van der Waals surface area contributed by atoms with Gasteiger partial charge < -0.3 is 9.47 Å². The smallest absolute Gasteiger partial charge is 0.282 e. The average Bonchev–Trinajstić information content (AvgIpc) is 2.88. The summed E-state index contributed by atoms with van der Waals surface area (Å²) in [6.07, 6.45) is 1.62. The lowest BCUT2D eigenvalue weighted by molar-refractivity contribution is 0.267. The molecule has 0 unspecified atom stereocenters. The van der Waals surface area contributed by atoms with Gasteiger partial charge in [0.25, 0.3) is 5.56 Å². The van der Waals surface area contributed by atoms with Gasteiger partial charge in [0.1, 0.15) is 12.4 Å². The Balaban J connectivity index is 1.71. The number of hydrogen-bond donors (Lipinski definition) is 0. The lowest BCUT2D eigenvalue weighted by Gasteiger charge is -2.15. The standard InChI is InChI=1S/C28H24BrIN4O3/c1-4-36-25-12-18(11-23(30)26(25)37-16-20-8-6-5-7-19(20)14-31)15-32-34-27(17(2)3)33-24-10-9-21(29)13-22(24)28(34)35/h5-13,15,17H,4,16H2,1-3H3. The van der Waals surface area contributed by atoms with Gasteiger partial charge in [0.2, 0.25) is 0 Å². The molecular weight excluding hydrogens is 647 g/mol. The molecule has 0 atom stereocenters. The van der Waals surface area contributed by atoms with Crippen LogP contribution in [0.4, 0.5) is 0 Å². The van der Waals surface area contributed by atoms with Gasteiger partial charge in [-0.2, -0.15) is 15.0 Å². The number of benzene rings is 3. The van der Waals surface area contributed by atoms with E-state index in [1.807, 2.05) is 63.2 Å². The molecular formula is C28H24BrIN4O3. The minimum atomic E-state index is -0.234. The number of halogens is 2. The maximum absolute atomic E-state index is 13.3. The quantitative estimate of drug-likeness (QED) is 0.155. The highest BCUT2D eigenvalue weighted by atomic mass is 127. The van der Waals surface area contributed by atoms with E-state index in [0.717, 1.165) is 19.2 Å².